The number of hydrogen-bond donors (Lipinski definition) is 3. The van der Waals surface area contributed by atoms with Gasteiger partial charge in [-0.3, -0.25) is 14.3 Å². The van der Waals surface area contributed by atoms with E-state index in [-0.39, 0.29) is 23.3 Å². The molecule has 32 heavy (non-hydrogen) atoms. The minimum atomic E-state index is -0.514. The Kier molecular flexibility index (Phi) is 6.47. The van der Waals surface area contributed by atoms with Crippen LogP contribution in [0.25, 0.3) is 0 Å². The number of pyridine rings is 1. The minimum absolute atomic E-state index is 0.0849. The van der Waals surface area contributed by atoms with Gasteiger partial charge < -0.3 is 10.6 Å². The Hall–Kier alpha value is -3.31. The summed E-state index contributed by atoms with van der Waals surface area (Å²) < 4.78 is 16.4. The van der Waals surface area contributed by atoms with E-state index >= 15 is 0 Å². The van der Waals surface area contributed by atoms with Crippen molar-refractivity contribution in [2.75, 3.05) is 22.6 Å². The van der Waals surface area contributed by atoms with Gasteiger partial charge in [0.05, 0.1) is 22.5 Å². The number of anilines is 3. The third-order valence-electron chi connectivity index (χ3n) is 4.66. The molecule has 164 valence electrons. The van der Waals surface area contributed by atoms with Crippen LogP contribution in [-0.4, -0.2) is 29.9 Å². The first kappa shape index (κ1) is 21.9. The van der Waals surface area contributed by atoms with Gasteiger partial charge in [-0.25, -0.2) is 14.7 Å². The monoisotopic (exact) mass is 471 g/mol. The highest BCUT2D eigenvalue weighted by Gasteiger charge is 2.33. The summed E-state index contributed by atoms with van der Waals surface area (Å²) in [5.74, 6) is -0.645. The minimum Gasteiger partial charge on any atom is -0.388 e. The van der Waals surface area contributed by atoms with Crippen molar-refractivity contribution in [3.05, 3.63) is 69.2 Å². The maximum absolute atomic E-state index is 13.2. The van der Waals surface area contributed by atoms with Crippen LogP contribution in [0.4, 0.5) is 26.4 Å². The van der Waals surface area contributed by atoms with E-state index in [2.05, 4.69) is 20.3 Å². The van der Waals surface area contributed by atoms with Crippen molar-refractivity contribution in [1.29, 1.82) is 0 Å². The van der Waals surface area contributed by atoms with Gasteiger partial charge in [0.1, 0.15) is 5.82 Å². The molecule has 0 spiro atoms. The average Bonchev–Trinajstić information content (AvgIpc) is 2.78. The van der Waals surface area contributed by atoms with Crippen LogP contribution in [0.1, 0.15) is 22.3 Å². The van der Waals surface area contributed by atoms with Gasteiger partial charge in [-0.05, 0) is 60.3 Å². The molecular formula is C21H18FN5O3S2. The Balaban J connectivity index is 1.39. The molecule has 11 heteroatoms. The summed E-state index contributed by atoms with van der Waals surface area (Å²) in [6.07, 6.45) is 5.18. The molecule has 2 aliphatic rings. The smallest absolute Gasteiger partial charge is 0.329 e. The quantitative estimate of drug-likeness (QED) is 0.438. The number of carbonyl (C=O) groups is 3. The van der Waals surface area contributed by atoms with Gasteiger partial charge >= 0.3 is 6.03 Å². The van der Waals surface area contributed by atoms with Gasteiger partial charge in [-0.1, -0.05) is 17.8 Å². The maximum Gasteiger partial charge on any atom is 0.329 e. The lowest BCUT2D eigenvalue weighted by Gasteiger charge is -2.26. The molecule has 4 rings (SSSR count). The van der Waals surface area contributed by atoms with Crippen molar-refractivity contribution in [3.63, 3.8) is 0 Å². The normalized spacial score (nSPS) is 15.5. The van der Waals surface area contributed by atoms with E-state index in [1.54, 1.807) is 37.4 Å². The van der Waals surface area contributed by atoms with Crippen molar-refractivity contribution in [2.24, 2.45) is 0 Å². The number of allylic oxidation sites excluding steroid dienone is 2. The van der Waals surface area contributed by atoms with Gasteiger partial charge in [0.25, 0.3) is 5.91 Å². The van der Waals surface area contributed by atoms with Crippen molar-refractivity contribution >= 4 is 58.7 Å². The first-order valence-electron chi connectivity index (χ1n) is 9.56. The summed E-state index contributed by atoms with van der Waals surface area (Å²) in [6.45, 7) is 0. The summed E-state index contributed by atoms with van der Waals surface area (Å²) in [4.78, 5) is 42.8. The SMILES string of the molecule is CNc1ccc2c(c1)CC(=O)N(c1ccc(NC(=O)NSC3=CCC=C(F)S3)cn1)C2=O. The predicted molar refractivity (Wildman–Crippen MR) is 125 cm³/mol. The molecule has 0 saturated carbocycles. The highest BCUT2D eigenvalue weighted by atomic mass is 32.2. The van der Waals surface area contributed by atoms with Crippen LogP contribution in [0, 0.1) is 0 Å². The van der Waals surface area contributed by atoms with Crippen LogP contribution in [0.2, 0.25) is 0 Å². The van der Waals surface area contributed by atoms with Crippen molar-refractivity contribution in [2.45, 2.75) is 12.8 Å². The van der Waals surface area contributed by atoms with Crippen LogP contribution < -0.4 is 20.3 Å². The van der Waals surface area contributed by atoms with E-state index in [9.17, 15) is 18.8 Å². The van der Waals surface area contributed by atoms with Gasteiger partial charge in [0.2, 0.25) is 5.91 Å². The first-order valence-corrected chi connectivity index (χ1v) is 11.2. The molecule has 4 amide bonds. The fourth-order valence-corrected chi connectivity index (χ4v) is 4.65. The number of nitrogens with one attached hydrogen (secondary N) is 3. The summed E-state index contributed by atoms with van der Waals surface area (Å²) >= 11 is 1.95. The van der Waals surface area contributed by atoms with Gasteiger partial charge in [0, 0.05) is 18.3 Å². The number of hydrogen-bond acceptors (Lipinski definition) is 7. The highest BCUT2D eigenvalue weighted by molar-refractivity contribution is 8.23. The number of imide groups is 1. The Morgan fingerprint density at radius 3 is 2.72 bits per heavy atom. The van der Waals surface area contributed by atoms with Crippen LogP contribution >= 0.6 is 23.7 Å². The second-order valence-corrected chi connectivity index (χ2v) is 8.91. The number of carbonyl (C=O) groups excluding carboxylic acids is 3. The Morgan fingerprint density at radius 2 is 2.00 bits per heavy atom. The Bertz CT molecular complexity index is 1150. The summed E-state index contributed by atoms with van der Waals surface area (Å²) in [6, 6.07) is 7.76. The molecular weight excluding hydrogens is 453 g/mol. The number of aromatic nitrogens is 1. The highest BCUT2D eigenvalue weighted by Crippen LogP contribution is 2.37. The number of benzene rings is 1. The topological polar surface area (TPSA) is 103 Å². The van der Waals surface area contributed by atoms with Crippen molar-refractivity contribution in [3.8, 4) is 0 Å². The third kappa shape index (κ3) is 4.78. The van der Waals surface area contributed by atoms with Gasteiger partial charge in [-0.15, -0.1) is 0 Å². The van der Waals surface area contributed by atoms with Crippen molar-refractivity contribution in [1.82, 2.24) is 9.71 Å². The number of rotatable bonds is 5. The molecule has 0 fully saturated rings. The molecule has 0 radical (unpaired) electrons. The second-order valence-electron chi connectivity index (χ2n) is 6.77. The number of urea groups is 1. The maximum atomic E-state index is 13.2. The lowest BCUT2D eigenvalue weighted by Crippen LogP contribution is -2.43. The molecule has 0 saturated heterocycles. The van der Waals surface area contributed by atoms with E-state index < -0.39 is 11.9 Å². The molecule has 3 heterocycles. The third-order valence-corrected chi connectivity index (χ3v) is 6.54. The summed E-state index contributed by atoms with van der Waals surface area (Å²) in [5.41, 5.74) is 2.31. The van der Waals surface area contributed by atoms with Crippen molar-refractivity contribution < 1.29 is 18.8 Å². The van der Waals surface area contributed by atoms with E-state index in [0.29, 0.717) is 27.5 Å². The average molecular weight is 472 g/mol. The molecule has 0 bridgehead atoms. The summed E-state index contributed by atoms with van der Waals surface area (Å²) in [5, 5.41) is 5.29. The molecule has 3 N–H and O–H groups in total. The lowest BCUT2D eigenvalue weighted by molar-refractivity contribution is -0.117. The zero-order valence-electron chi connectivity index (χ0n) is 16.8. The van der Waals surface area contributed by atoms with Gasteiger partial charge in [-0.2, -0.15) is 4.39 Å². The molecule has 1 aromatic carbocycles. The molecule has 8 nitrogen and oxygen atoms in total. The van der Waals surface area contributed by atoms with E-state index in [0.717, 1.165) is 34.3 Å². The number of halogens is 1. The fraction of sp³-hybridized carbons (Fsp3) is 0.143. The largest absolute Gasteiger partial charge is 0.388 e. The second kappa shape index (κ2) is 9.45. The van der Waals surface area contributed by atoms with E-state index in [1.807, 2.05) is 0 Å². The number of nitrogens with zero attached hydrogens (tertiary/aromatic N) is 2. The number of fused-ring (bicyclic) bond motifs is 1. The van der Waals surface area contributed by atoms with Gasteiger partial charge in [0.15, 0.2) is 5.16 Å². The molecule has 0 aliphatic carbocycles. The first-order chi connectivity index (χ1) is 15.4. The van der Waals surface area contributed by atoms with Crippen LogP contribution in [-0.2, 0) is 11.2 Å². The predicted octanol–water partition coefficient (Wildman–Crippen LogP) is 4.41. The Labute approximate surface area is 191 Å². The fourth-order valence-electron chi connectivity index (χ4n) is 3.15. The number of amides is 4. The van der Waals surface area contributed by atoms with Crippen LogP contribution in [0.5, 0.6) is 0 Å². The molecule has 2 aliphatic heterocycles. The zero-order valence-corrected chi connectivity index (χ0v) is 18.5. The zero-order chi connectivity index (χ0) is 22.7. The molecule has 2 aromatic rings. The molecule has 0 unspecified atom stereocenters. The molecule has 1 aromatic heterocycles. The standard InChI is InChI=1S/C21H18FN5O3S2/c1-23-13-5-7-15-12(9-13)10-18(28)27(20(15)29)17-8-6-14(11-24-17)25-21(30)26-32-19-4-2-3-16(22)31-19/h3-9,11,23H,2,10H2,1H3,(H2,25,26,30). The van der Waals surface area contributed by atoms with E-state index in [4.69, 9.17) is 0 Å². The van der Waals surface area contributed by atoms with Crippen LogP contribution in [0.15, 0.2) is 58.1 Å². The summed E-state index contributed by atoms with van der Waals surface area (Å²) in [7, 11) is 1.77. The number of thioether (sulfide) groups is 1. The molecule has 0 atom stereocenters. The van der Waals surface area contributed by atoms with E-state index in [1.165, 1.54) is 18.3 Å². The Morgan fingerprint density at radius 1 is 1.19 bits per heavy atom. The van der Waals surface area contributed by atoms with Crippen LogP contribution in [0.3, 0.4) is 0 Å². The lowest BCUT2D eigenvalue weighted by atomic mass is 9.97.